The number of hydrogen-bond donors (Lipinski definition) is 4. The van der Waals surface area contributed by atoms with Crippen LogP contribution in [-0.4, -0.2) is 41.0 Å². The van der Waals surface area contributed by atoms with Crippen molar-refractivity contribution in [1.82, 2.24) is 20.3 Å². The normalized spacial score (nSPS) is 17.7. The fourth-order valence-corrected chi connectivity index (χ4v) is 5.83. The first-order valence-corrected chi connectivity index (χ1v) is 12.7. The monoisotopic (exact) mass is 518 g/mol. The second-order valence-corrected chi connectivity index (χ2v) is 10.3. The number of amides is 1. The SMILES string of the molecule is CNC(=O)C#Cc1ccc2c(c1)[C@@H](N)C1(CCN(c3cnc(Sc4ccnc(N)c4F)c(N)n3)CC1)C2. The Hall–Kier alpha value is -3.88. The molecule has 0 radical (unpaired) electrons. The van der Waals surface area contributed by atoms with Crippen LogP contribution in [0, 0.1) is 23.1 Å². The number of hydrogen-bond acceptors (Lipinski definition) is 9. The predicted molar refractivity (Wildman–Crippen MR) is 141 cm³/mol. The first-order valence-electron chi connectivity index (χ1n) is 11.9. The average Bonchev–Trinajstić information content (AvgIpc) is 3.17. The molecule has 1 aromatic carbocycles. The highest BCUT2D eigenvalue weighted by Crippen LogP contribution is 2.51. The summed E-state index contributed by atoms with van der Waals surface area (Å²) in [6, 6.07) is 7.45. The van der Waals surface area contributed by atoms with Crippen LogP contribution in [0.25, 0.3) is 0 Å². The maximum Gasteiger partial charge on any atom is 0.295 e. The van der Waals surface area contributed by atoms with E-state index in [1.165, 1.54) is 17.8 Å². The van der Waals surface area contributed by atoms with Crippen LogP contribution < -0.4 is 27.4 Å². The van der Waals surface area contributed by atoms with Gasteiger partial charge in [-0.1, -0.05) is 23.7 Å². The van der Waals surface area contributed by atoms with Gasteiger partial charge in [-0.05, 0) is 54.0 Å². The Labute approximate surface area is 218 Å². The number of carbonyl (C=O) groups excluding carboxylic acids is 1. The van der Waals surface area contributed by atoms with Gasteiger partial charge in [0, 0.05) is 43.9 Å². The van der Waals surface area contributed by atoms with E-state index in [4.69, 9.17) is 17.2 Å². The van der Waals surface area contributed by atoms with Crippen molar-refractivity contribution in [2.45, 2.75) is 35.2 Å². The minimum Gasteiger partial charge on any atom is -0.381 e. The Morgan fingerprint density at radius 3 is 2.73 bits per heavy atom. The number of piperidine rings is 1. The lowest BCUT2D eigenvalue weighted by Crippen LogP contribution is -2.44. The number of fused-ring (bicyclic) bond motifs is 1. The molecule has 0 bridgehead atoms. The van der Waals surface area contributed by atoms with Crippen LogP contribution in [0.5, 0.6) is 0 Å². The number of benzene rings is 1. The third-order valence-electron chi connectivity index (χ3n) is 7.15. The maximum atomic E-state index is 14.2. The highest BCUT2D eigenvalue weighted by Gasteiger charge is 2.46. The molecule has 1 fully saturated rings. The van der Waals surface area contributed by atoms with E-state index in [1.54, 1.807) is 13.2 Å². The van der Waals surface area contributed by atoms with Crippen molar-refractivity contribution in [3.05, 3.63) is 59.2 Å². The van der Waals surface area contributed by atoms with E-state index in [9.17, 15) is 9.18 Å². The summed E-state index contributed by atoms with van der Waals surface area (Å²) in [7, 11) is 1.55. The Kier molecular flexibility index (Phi) is 6.62. The van der Waals surface area contributed by atoms with Crippen molar-refractivity contribution in [1.29, 1.82) is 0 Å². The smallest absolute Gasteiger partial charge is 0.295 e. The lowest BCUT2D eigenvalue weighted by molar-refractivity contribution is -0.115. The maximum absolute atomic E-state index is 14.2. The Balaban J connectivity index is 1.27. The molecule has 1 aliphatic carbocycles. The van der Waals surface area contributed by atoms with Gasteiger partial charge >= 0.3 is 0 Å². The van der Waals surface area contributed by atoms with Gasteiger partial charge in [0.15, 0.2) is 17.5 Å². The number of rotatable bonds is 3. The lowest BCUT2D eigenvalue weighted by Gasteiger charge is -2.42. The summed E-state index contributed by atoms with van der Waals surface area (Å²) in [5.74, 6) is 5.31. The zero-order valence-corrected chi connectivity index (χ0v) is 21.1. The van der Waals surface area contributed by atoms with Crippen LogP contribution >= 0.6 is 11.8 Å². The molecule has 3 heterocycles. The van der Waals surface area contributed by atoms with Crippen LogP contribution in [0.3, 0.4) is 0 Å². The fourth-order valence-electron chi connectivity index (χ4n) is 5.04. The second-order valence-electron chi connectivity index (χ2n) is 9.28. The third-order valence-corrected chi connectivity index (χ3v) is 8.20. The summed E-state index contributed by atoms with van der Waals surface area (Å²) in [4.78, 5) is 26.6. The van der Waals surface area contributed by atoms with Crippen LogP contribution in [0.1, 0.15) is 35.6 Å². The number of nitrogens with zero attached hydrogens (tertiary/aromatic N) is 4. The average molecular weight is 519 g/mol. The van der Waals surface area contributed by atoms with Crippen molar-refractivity contribution in [3.63, 3.8) is 0 Å². The van der Waals surface area contributed by atoms with Crippen molar-refractivity contribution in [3.8, 4) is 11.8 Å². The molecule has 1 spiro atoms. The van der Waals surface area contributed by atoms with Crippen molar-refractivity contribution in [2.24, 2.45) is 11.1 Å². The molecule has 1 atom stereocenters. The van der Waals surface area contributed by atoms with E-state index >= 15 is 0 Å². The van der Waals surface area contributed by atoms with Crippen LogP contribution in [0.15, 0.2) is 46.6 Å². The van der Waals surface area contributed by atoms with Crippen molar-refractivity contribution < 1.29 is 9.18 Å². The molecular formula is C26H27FN8OS. The number of nitrogen functional groups attached to an aromatic ring is 2. The number of carbonyl (C=O) groups is 1. The summed E-state index contributed by atoms with van der Waals surface area (Å²) in [6.07, 6.45) is 5.79. The van der Waals surface area contributed by atoms with E-state index in [0.717, 1.165) is 55.2 Å². The number of aromatic nitrogens is 3. The van der Waals surface area contributed by atoms with Gasteiger partial charge in [-0.2, -0.15) is 0 Å². The predicted octanol–water partition coefficient (Wildman–Crippen LogP) is 2.27. The largest absolute Gasteiger partial charge is 0.381 e. The number of nitrogens with two attached hydrogens (primary N) is 3. The van der Waals surface area contributed by atoms with Gasteiger partial charge in [-0.15, -0.1) is 0 Å². The summed E-state index contributed by atoms with van der Waals surface area (Å²) in [6.45, 7) is 1.53. The molecule has 0 saturated carbocycles. The molecule has 9 nitrogen and oxygen atoms in total. The van der Waals surface area contributed by atoms with Crippen LogP contribution in [-0.2, 0) is 11.2 Å². The molecular weight excluding hydrogens is 491 g/mol. The van der Waals surface area contributed by atoms with Gasteiger partial charge in [-0.25, -0.2) is 19.3 Å². The molecule has 11 heteroatoms. The number of anilines is 3. The van der Waals surface area contributed by atoms with E-state index in [0.29, 0.717) is 15.7 Å². The zero-order chi connectivity index (χ0) is 26.2. The van der Waals surface area contributed by atoms with E-state index in [-0.39, 0.29) is 29.0 Å². The lowest BCUT2D eigenvalue weighted by atomic mass is 9.73. The second kappa shape index (κ2) is 9.88. The topological polar surface area (TPSA) is 149 Å². The summed E-state index contributed by atoms with van der Waals surface area (Å²) in [5, 5.41) is 2.91. The molecule has 2 aliphatic rings. The van der Waals surface area contributed by atoms with Gasteiger partial charge < -0.3 is 27.4 Å². The fraction of sp³-hybridized carbons (Fsp3) is 0.308. The van der Waals surface area contributed by atoms with Crippen LogP contribution in [0.4, 0.5) is 21.8 Å². The van der Waals surface area contributed by atoms with E-state index in [1.807, 2.05) is 12.1 Å². The highest BCUT2D eigenvalue weighted by molar-refractivity contribution is 7.99. The Morgan fingerprint density at radius 2 is 2.00 bits per heavy atom. The van der Waals surface area contributed by atoms with Gasteiger partial charge in [-0.3, -0.25) is 4.79 Å². The minimum absolute atomic E-state index is 0.0424. The van der Waals surface area contributed by atoms with E-state index < -0.39 is 5.82 Å². The molecule has 5 rings (SSSR count). The Bertz CT molecular complexity index is 1430. The molecule has 1 aliphatic heterocycles. The number of pyridine rings is 1. The number of nitrogens with one attached hydrogen (secondary N) is 1. The standard InChI is InChI=1S/C26H27FN8OS/c1-31-20(36)5-3-15-2-4-16-13-26(22(28)17(16)12-15)7-10-35(11-8-26)19-14-33-25(24(30)34-19)37-18-6-9-32-23(29)21(18)27/h2,4,6,9,12,14,22H,7-8,10-11,13,28H2,1H3,(H2,29,32)(H2,30,34)(H,31,36)/t22-/m1/s1. The molecule has 0 unspecified atom stereocenters. The van der Waals surface area contributed by atoms with Crippen LogP contribution in [0.2, 0.25) is 0 Å². The van der Waals surface area contributed by atoms with Gasteiger partial charge in [0.1, 0.15) is 10.8 Å². The minimum atomic E-state index is -0.598. The molecule has 7 N–H and O–H groups in total. The number of halogens is 1. The highest BCUT2D eigenvalue weighted by atomic mass is 32.2. The first kappa shape index (κ1) is 24.8. The quantitative estimate of drug-likeness (QED) is 0.383. The van der Waals surface area contributed by atoms with Gasteiger partial charge in [0.25, 0.3) is 5.91 Å². The Morgan fingerprint density at radius 1 is 1.22 bits per heavy atom. The summed E-state index contributed by atoms with van der Waals surface area (Å²) in [5.41, 5.74) is 21.6. The zero-order valence-electron chi connectivity index (χ0n) is 20.3. The molecule has 3 aromatic rings. The molecule has 190 valence electrons. The van der Waals surface area contributed by atoms with Crippen molar-refractivity contribution >= 4 is 35.1 Å². The molecule has 1 saturated heterocycles. The van der Waals surface area contributed by atoms with E-state index in [2.05, 4.69) is 43.1 Å². The van der Waals surface area contributed by atoms with Crippen molar-refractivity contribution in [2.75, 3.05) is 36.5 Å². The first-order chi connectivity index (χ1) is 17.8. The van der Waals surface area contributed by atoms with Gasteiger partial charge in [0.05, 0.1) is 11.1 Å². The molecule has 1 amide bonds. The summed E-state index contributed by atoms with van der Waals surface area (Å²) >= 11 is 1.07. The summed E-state index contributed by atoms with van der Waals surface area (Å²) < 4.78 is 14.2. The molecule has 2 aromatic heterocycles. The molecule has 37 heavy (non-hydrogen) atoms. The third kappa shape index (κ3) is 4.77. The van der Waals surface area contributed by atoms with Gasteiger partial charge in [0.2, 0.25) is 0 Å².